The smallest absolute Gasteiger partial charge is 0.217 e. The van der Waals surface area contributed by atoms with Crippen LogP contribution in [0.1, 0.15) is 13.8 Å². The molecule has 11 heteroatoms. The number of hydrogen-bond acceptors (Lipinski definition) is 10. The normalized spacial score (nSPS) is 48.2. The van der Waals surface area contributed by atoms with Crippen molar-refractivity contribution in [2.24, 2.45) is 0 Å². The number of aliphatic hydroxyl groups is 6. The first-order chi connectivity index (χ1) is 11.7. The highest BCUT2D eigenvalue weighted by Crippen LogP contribution is 2.28. The minimum atomic E-state index is -1.62. The summed E-state index contributed by atoms with van der Waals surface area (Å²) in [7, 11) is 0. The lowest BCUT2D eigenvalue weighted by molar-refractivity contribution is -0.338. The summed E-state index contributed by atoms with van der Waals surface area (Å²) in [6.45, 7) is 2.00. The van der Waals surface area contributed by atoms with Crippen LogP contribution < -0.4 is 5.32 Å². The monoisotopic (exact) mass is 367 g/mol. The van der Waals surface area contributed by atoms with Crippen molar-refractivity contribution < 1.29 is 49.6 Å². The van der Waals surface area contributed by atoms with Gasteiger partial charge in [0.2, 0.25) is 5.91 Å². The van der Waals surface area contributed by atoms with Gasteiger partial charge < -0.3 is 50.2 Å². The van der Waals surface area contributed by atoms with Crippen LogP contribution in [0.4, 0.5) is 0 Å². The Morgan fingerprint density at radius 2 is 1.68 bits per heavy atom. The van der Waals surface area contributed by atoms with E-state index in [-0.39, 0.29) is 0 Å². The van der Waals surface area contributed by atoms with Gasteiger partial charge in [0.15, 0.2) is 12.6 Å². The van der Waals surface area contributed by atoms with Crippen LogP contribution in [0.5, 0.6) is 0 Å². The van der Waals surface area contributed by atoms with Gasteiger partial charge >= 0.3 is 0 Å². The standard InChI is InChI=1S/C14H25NO10/c1-4-8(18)12(11(21)13(22)23-4)25-14-7(15-5(2)17)10(20)9(19)6(3-16)24-14/h4,6-14,16,18-22H,3H2,1-2H3,(H,15,17)/t4-,6+,7+,8+,9+,10+,11-,12+,13-,14-/m0/s1. The predicted octanol–water partition coefficient (Wildman–Crippen LogP) is -4.23. The first-order valence-corrected chi connectivity index (χ1v) is 7.92. The van der Waals surface area contributed by atoms with Crippen LogP contribution in [0.25, 0.3) is 0 Å². The number of amides is 1. The molecule has 10 atom stereocenters. The molecular weight excluding hydrogens is 342 g/mol. The molecule has 2 aliphatic heterocycles. The first-order valence-electron chi connectivity index (χ1n) is 7.92. The van der Waals surface area contributed by atoms with E-state index in [0.29, 0.717) is 0 Å². The second-order valence-corrected chi connectivity index (χ2v) is 6.25. The number of aliphatic hydroxyl groups excluding tert-OH is 6. The van der Waals surface area contributed by atoms with Crippen LogP contribution in [-0.4, -0.2) is 105 Å². The number of rotatable bonds is 4. The Morgan fingerprint density at radius 1 is 1.04 bits per heavy atom. The van der Waals surface area contributed by atoms with E-state index in [1.54, 1.807) is 0 Å². The Bertz CT molecular complexity index is 451. The Kier molecular flexibility index (Phi) is 6.70. The van der Waals surface area contributed by atoms with Crippen molar-refractivity contribution in [3.05, 3.63) is 0 Å². The fraction of sp³-hybridized carbons (Fsp3) is 0.929. The average molecular weight is 367 g/mol. The maximum atomic E-state index is 11.4. The third-order valence-corrected chi connectivity index (χ3v) is 4.34. The molecule has 0 spiro atoms. The third-order valence-electron chi connectivity index (χ3n) is 4.34. The molecule has 0 aromatic carbocycles. The minimum absolute atomic E-state index is 0.544. The molecule has 0 radical (unpaired) electrons. The summed E-state index contributed by atoms with van der Waals surface area (Å²) in [4.78, 5) is 11.4. The van der Waals surface area contributed by atoms with Crippen LogP contribution in [0.2, 0.25) is 0 Å². The number of nitrogens with one attached hydrogen (secondary N) is 1. The van der Waals surface area contributed by atoms with Gasteiger partial charge in [-0.3, -0.25) is 4.79 Å². The van der Waals surface area contributed by atoms with E-state index in [4.69, 9.17) is 14.2 Å². The van der Waals surface area contributed by atoms with Crippen LogP contribution >= 0.6 is 0 Å². The lowest BCUT2D eigenvalue weighted by Crippen LogP contribution is -2.67. The lowest BCUT2D eigenvalue weighted by Gasteiger charge is -2.46. The van der Waals surface area contributed by atoms with Crippen molar-refractivity contribution >= 4 is 5.91 Å². The molecule has 0 saturated carbocycles. The average Bonchev–Trinajstić information content (AvgIpc) is 2.55. The number of ether oxygens (including phenoxy) is 3. The van der Waals surface area contributed by atoms with Gasteiger partial charge in [0.05, 0.1) is 12.7 Å². The van der Waals surface area contributed by atoms with E-state index in [0.717, 1.165) is 0 Å². The number of hydrogen-bond donors (Lipinski definition) is 7. The van der Waals surface area contributed by atoms with E-state index in [1.165, 1.54) is 13.8 Å². The molecule has 0 aromatic heterocycles. The molecule has 2 aliphatic rings. The number of carbonyl (C=O) groups is 1. The second-order valence-electron chi connectivity index (χ2n) is 6.25. The maximum absolute atomic E-state index is 11.4. The van der Waals surface area contributed by atoms with E-state index in [9.17, 15) is 35.4 Å². The maximum Gasteiger partial charge on any atom is 0.217 e. The van der Waals surface area contributed by atoms with Gasteiger partial charge in [0.1, 0.15) is 42.7 Å². The zero-order valence-corrected chi connectivity index (χ0v) is 13.8. The Hall–Kier alpha value is -0.890. The molecule has 0 unspecified atom stereocenters. The molecule has 2 fully saturated rings. The molecule has 2 saturated heterocycles. The SMILES string of the molecule is CC(=O)N[C@H]1[C@H](O[C@@H]2[C@H](O)[C@H](C)O[C@H](O)[C@H]2O)O[C@H](CO)[C@@H](O)[C@@H]1O. The summed E-state index contributed by atoms with van der Waals surface area (Å²) in [5.41, 5.74) is 0. The van der Waals surface area contributed by atoms with Crippen molar-refractivity contribution in [1.82, 2.24) is 5.32 Å². The summed E-state index contributed by atoms with van der Waals surface area (Å²) in [6.07, 6.45) is -12.4. The summed E-state index contributed by atoms with van der Waals surface area (Å²) in [5.74, 6) is -0.544. The van der Waals surface area contributed by atoms with Crippen LogP contribution in [-0.2, 0) is 19.0 Å². The Balaban J connectivity index is 2.21. The van der Waals surface area contributed by atoms with Crippen molar-refractivity contribution in [1.29, 1.82) is 0 Å². The molecule has 25 heavy (non-hydrogen) atoms. The number of carbonyl (C=O) groups excluding carboxylic acids is 1. The zero-order chi connectivity index (χ0) is 18.9. The first kappa shape index (κ1) is 20.4. The molecule has 0 aliphatic carbocycles. The minimum Gasteiger partial charge on any atom is -0.394 e. The van der Waals surface area contributed by atoms with Crippen molar-refractivity contribution in [3.63, 3.8) is 0 Å². The van der Waals surface area contributed by atoms with Gasteiger partial charge in [-0.15, -0.1) is 0 Å². The van der Waals surface area contributed by atoms with E-state index in [1.807, 2.05) is 0 Å². The zero-order valence-electron chi connectivity index (χ0n) is 13.8. The van der Waals surface area contributed by atoms with Crippen molar-refractivity contribution in [3.8, 4) is 0 Å². The van der Waals surface area contributed by atoms with Gasteiger partial charge in [0.25, 0.3) is 0 Å². The molecular formula is C14H25NO10. The summed E-state index contributed by atoms with van der Waals surface area (Å²) in [6, 6.07) is -1.23. The lowest BCUT2D eigenvalue weighted by atomic mass is 9.95. The van der Waals surface area contributed by atoms with E-state index in [2.05, 4.69) is 5.32 Å². The summed E-state index contributed by atoms with van der Waals surface area (Å²) in [5, 5.41) is 61.6. The van der Waals surface area contributed by atoms with Gasteiger partial charge in [-0.2, -0.15) is 0 Å². The molecule has 2 rings (SSSR count). The molecule has 11 nitrogen and oxygen atoms in total. The molecule has 146 valence electrons. The quantitative estimate of drug-likeness (QED) is 0.257. The summed E-state index contributed by atoms with van der Waals surface area (Å²) < 4.78 is 15.8. The van der Waals surface area contributed by atoms with Crippen LogP contribution in [0, 0.1) is 0 Å². The van der Waals surface area contributed by atoms with Crippen LogP contribution in [0.3, 0.4) is 0 Å². The molecule has 0 bridgehead atoms. The van der Waals surface area contributed by atoms with Gasteiger partial charge in [-0.25, -0.2) is 0 Å². The van der Waals surface area contributed by atoms with E-state index >= 15 is 0 Å². The van der Waals surface area contributed by atoms with Crippen LogP contribution in [0.15, 0.2) is 0 Å². The topological polar surface area (TPSA) is 178 Å². The highest BCUT2D eigenvalue weighted by Gasteiger charge is 2.50. The van der Waals surface area contributed by atoms with Crippen molar-refractivity contribution in [2.75, 3.05) is 6.61 Å². The Morgan fingerprint density at radius 3 is 2.24 bits per heavy atom. The predicted molar refractivity (Wildman–Crippen MR) is 78.8 cm³/mol. The highest BCUT2D eigenvalue weighted by molar-refractivity contribution is 5.73. The Labute approximate surface area is 143 Å². The summed E-state index contributed by atoms with van der Waals surface area (Å²) >= 11 is 0. The third kappa shape index (κ3) is 4.27. The molecule has 1 amide bonds. The van der Waals surface area contributed by atoms with Gasteiger partial charge in [-0.1, -0.05) is 0 Å². The second kappa shape index (κ2) is 8.20. The molecule has 0 aromatic rings. The largest absolute Gasteiger partial charge is 0.394 e. The fourth-order valence-electron chi connectivity index (χ4n) is 2.91. The molecule has 7 N–H and O–H groups in total. The van der Waals surface area contributed by atoms with E-state index < -0.39 is 73.9 Å². The van der Waals surface area contributed by atoms with Crippen molar-refractivity contribution in [2.45, 2.75) is 75.2 Å². The molecule has 2 heterocycles. The van der Waals surface area contributed by atoms with Gasteiger partial charge in [-0.05, 0) is 6.92 Å². The van der Waals surface area contributed by atoms with Gasteiger partial charge in [0, 0.05) is 6.92 Å². The fourth-order valence-corrected chi connectivity index (χ4v) is 2.91. The highest BCUT2D eigenvalue weighted by atomic mass is 16.7.